The van der Waals surface area contributed by atoms with E-state index in [4.69, 9.17) is 0 Å². The minimum absolute atomic E-state index is 0.0579. The van der Waals surface area contributed by atoms with Crippen molar-refractivity contribution in [3.63, 3.8) is 0 Å². The summed E-state index contributed by atoms with van der Waals surface area (Å²) in [6.07, 6.45) is 5.01. The molecule has 6 heteroatoms. The van der Waals surface area contributed by atoms with Crippen molar-refractivity contribution < 1.29 is 9.59 Å². The van der Waals surface area contributed by atoms with Crippen molar-refractivity contribution in [3.8, 4) is 0 Å². The fraction of sp³-hybridized carbons (Fsp3) is 0.522. The van der Waals surface area contributed by atoms with Gasteiger partial charge in [0.15, 0.2) is 0 Å². The third-order valence-electron chi connectivity index (χ3n) is 6.26. The Morgan fingerprint density at radius 1 is 1.07 bits per heavy atom. The van der Waals surface area contributed by atoms with Gasteiger partial charge in [0.2, 0.25) is 0 Å². The third-order valence-corrected chi connectivity index (χ3v) is 7.48. The molecule has 1 fully saturated rings. The SMILES string of the molecule is CC(C)(C)[C@@H]1CCc2sc(C(=O)N3CCN(C(=O)c4ccccn4)CC3)cc2C1. The first-order valence-electron chi connectivity index (χ1n) is 10.4. The van der Waals surface area contributed by atoms with E-state index in [1.165, 1.54) is 16.9 Å². The summed E-state index contributed by atoms with van der Waals surface area (Å²) in [5, 5.41) is 0. The van der Waals surface area contributed by atoms with Crippen molar-refractivity contribution in [1.29, 1.82) is 0 Å². The molecule has 0 radical (unpaired) electrons. The summed E-state index contributed by atoms with van der Waals surface area (Å²) in [5.74, 6) is 0.729. The number of aryl methyl sites for hydroxylation is 1. The molecule has 1 aliphatic heterocycles. The number of hydrogen-bond donors (Lipinski definition) is 0. The highest BCUT2D eigenvalue weighted by molar-refractivity contribution is 7.14. The van der Waals surface area contributed by atoms with Crippen molar-refractivity contribution >= 4 is 23.2 Å². The summed E-state index contributed by atoms with van der Waals surface area (Å²) in [6, 6.07) is 7.49. The highest BCUT2D eigenvalue weighted by Gasteiger charge is 2.32. The number of amides is 2. The number of aromatic nitrogens is 1. The Hall–Kier alpha value is -2.21. The van der Waals surface area contributed by atoms with Crippen LogP contribution in [0.5, 0.6) is 0 Å². The second-order valence-electron chi connectivity index (χ2n) is 9.16. The summed E-state index contributed by atoms with van der Waals surface area (Å²) >= 11 is 1.67. The molecule has 0 spiro atoms. The topological polar surface area (TPSA) is 53.5 Å². The van der Waals surface area contributed by atoms with Crippen LogP contribution in [0.3, 0.4) is 0 Å². The fourth-order valence-electron chi connectivity index (χ4n) is 4.29. The highest BCUT2D eigenvalue weighted by Crippen LogP contribution is 2.40. The number of rotatable bonds is 2. The summed E-state index contributed by atoms with van der Waals surface area (Å²) < 4.78 is 0. The van der Waals surface area contributed by atoms with E-state index in [9.17, 15) is 9.59 Å². The van der Waals surface area contributed by atoms with Crippen LogP contribution in [0, 0.1) is 11.3 Å². The lowest BCUT2D eigenvalue weighted by Crippen LogP contribution is -2.50. The molecule has 1 aliphatic carbocycles. The number of fused-ring (bicyclic) bond motifs is 1. The van der Waals surface area contributed by atoms with Crippen LogP contribution in [0.4, 0.5) is 0 Å². The lowest BCUT2D eigenvalue weighted by atomic mass is 9.72. The summed E-state index contributed by atoms with van der Waals surface area (Å²) in [7, 11) is 0. The van der Waals surface area contributed by atoms with Crippen molar-refractivity contribution in [1.82, 2.24) is 14.8 Å². The predicted octanol–water partition coefficient (Wildman–Crippen LogP) is 3.89. The molecule has 1 atom stereocenters. The zero-order chi connectivity index (χ0) is 20.6. The standard InChI is InChI=1S/C23H29N3O2S/c1-23(2,3)17-7-8-19-16(14-17)15-20(29-19)22(28)26-12-10-25(11-13-26)21(27)18-6-4-5-9-24-18/h4-6,9,15,17H,7-8,10-14H2,1-3H3/t17-/m1/s1. The molecule has 2 aliphatic rings. The maximum Gasteiger partial charge on any atom is 0.272 e. The Morgan fingerprint density at radius 2 is 1.76 bits per heavy atom. The lowest BCUT2D eigenvalue weighted by Gasteiger charge is -2.34. The molecule has 2 amide bonds. The van der Waals surface area contributed by atoms with Gasteiger partial charge in [0.1, 0.15) is 5.69 Å². The van der Waals surface area contributed by atoms with Gasteiger partial charge in [-0.05, 0) is 54.4 Å². The first kappa shape index (κ1) is 20.1. The van der Waals surface area contributed by atoms with Gasteiger partial charge in [-0.25, -0.2) is 0 Å². The van der Waals surface area contributed by atoms with Gasteiger partial charge in [0, 0.05) is 37.3 Å². The number of hydrogen-bond acceptors (Lipinski definition) is 4. The Labute approximate surface area is 176 Å². The van der Waals surface area contributed by atoms with E-state index >= 15 is 0 Å². The predicted molar refractivity (Wildman–Crippen MR) is 115 cm³/mol. The molecule has 154 valence electrons. The van der Waals surface area contributed by atoms with E-state index in [1.807, 2.05) is 11.0 Å². The minimum Gasteiger partial charge on any atom is -0.334 e. The smallest absolute Gasteiger partial charge is 0.272 e. The average molecular weight is 412 g/mol. The van der Waals surface area contributed by atoms with Crippen LogP contribution in [0.25, 0.3) is 0 Å². The first-order chi connectivity index (χ1) is 13.8. The van der Waals surface area contributed by atoms with Gasteiger partial charge < -0.3 is 9.80 Å². The minimum atomic E-state index is -0.0579. The maximum atomic E-state index is 13.1. The Bertz CT molecular complexity index is 893. The van der Waals surface area contributed by atoms with Crippen molar-refractivity contribution in [2.75, 3.05) is 26.2 Å². The van der Waals surface area contributed by atoms with Crippen LogP contribution in [-0.4, -0.2) is 52.8 Å². The molecule has 4 rings (SSSR count). The molecule has 2 aromatic rings. The zero-order valence-electron chi connectivity index (χ0n) is 17.5. The number of pyridine rings is 1. The van der Waals surface area contributed by atoms with Gasteiger partial charge in [-0.3, -0.25) is 14.6 Å². The molecule has 1 saturated heterocycles. The average Bonchev–Trinajstić information content (AvgIpc) is 3.16. The highest BCUT2D eigenvalue weighted by atomic mass is 32.1. The molecule has 0 bridgehead atoms. The Balaban J connectivity index is 1.38. The number of carbonyl (C=O) groups excluding carboxylic acids is 2. The van der Waals surface area contributed by atoms with Gasteiger partial charge in [-0.15, -0.1) is 11.3 Å². The number of nitrogens with zero attached hydrogens (tertiary/aromatic N) is 3. The van der Waals surface area contributed by atoms with E-state index in [2.05, 4.69) is 31.8 Å². The van der Waals surface area contributed by atoms with Crippen LogP contribution >= 0.6 is 11.3 Å². The van der Waals surface area contributed by atoms with Crippen LogP contribution in [0.15, 0.2) is 30.5 Å². The van der Waals surface area contributed by atoms with E-state index in [0.29, 0.717) is 43.2 Å². The van der Waals surface area contributed by atoms with Crippen molar-refractivity contribution in [2.45, 2.75) is 40.0 Å². The molecule has 0 unspecified atom stereocenters. The first-order valence-corrected chi connectivity index (χ1v) is 11.3. The monoisotopic (exact) mass is 411 g/mol. The van der Waals surface area contributed by atoms with E-state index in [-0.39, 0.29) is 11.8 Å². The summed E-state index contributed by atoms with van der Waals surface area (Å²) in [5.41, 5.74) is 2.14. The van der Waals surface area contributed by atoms with Crippen LogP contribution in [0.1, 0.15) is 57.8 Å². The van der Waals surface area contributed by atoms with Crippen LogP contribution in [0.2, 0.25) is 0 Å². The van der Waals surface area contributed by atoms with E-state index < -0.39 is 0 Å². The maximum absolute atomic E-state index is 13.1. The Kier molecular flexibility index (Phi) is 5.47. The molecule has 0 N–H and O–H groups in total. The van der Waals surface area contributed by atoms with Gasteiger partial charge in [-0.1, -0.05) is 26.8 Å². The molecule has 5 nitrogen and oxygen atoms in total. The second kappa shape index (κ2) is 7.90. The number of thiophene rings is 1. The normalized spacial score (nSPS) is 19.8. The molecule has 2 aromatic heterocycles. The fourth-order valence-corrected chi connectivity index (χ4v) is 5.46. The molecule has 0 saturated carbocycles. The largest absolute Gasteiger partial charge is 0.334 e. The van der Waals surface area contributed by atoms with Crippen molar-refractivity contribution in [3.05, 3.63) is 51.5 Å². The third kappa shape index (κ3) is 4.22. The molecular weight excluding hydrogens is 382 g/mol. The zero-order valence-corrected chi connectivity index (χ0v) is 18.3. The molecule has 29 heavy (non-hydrogen) atoms. The molecule has 0 aromatic carbocycles. The second-order valence-corrected chi connectivity index (χ2v) is 10.3. The van der Waals surface area contributed by atoms with E-state index in [0.717, 1.165) is 17.7 Å². The summed E-state index contributed by atoms with van der Waals surface area (Å²) in [6.45, 7) is 9.19. The molecule has 3 heterocycles. The number of carbonyl (C=O) groups is 2. The Morgan fingerprint density at radius 3 is 2.38 bits per heavy atom. The van der Waals surface area contributed by atoms with Crippen LogP contribution < -0.4 is 0 Å². The van der Waals surface area contributed by atoms with Crippen molar-refractivity contribution in [2.24, 2.45) is 11.3 Å². The van der Waals surface area contributed by atoms with Gasteiger partial charge in [0.05, 0.1) is 4.88 Å². The van der Waals surface area contributed by atoms with Crippen LogP contribution in [-0.2, 0) is 12.8 Å². The quantitative estimate of drug-likeness (QED) is 0.753. The number of piperazine rings is 1. The van der Waals surface area contributed by atoms with Gasteiger partial charge in [-0.2, -0.15) is 0 Å². The summed E-state index contributed by atoms with van der Waals surface area (Å²) in [4.78, 5) is 35.7. The van der Waals surface area contributed by atoms with Gasteiger partial charge in [0.25, 0.3) is 11.8 Å². The van der Waals surface area contributed by atoms with E-state index in [1.54, 1.807) is 34.6 Å². The molecular formula is C23H29N3O2S. The van der Waals surface area contributed by atoms with Gasteiger partial charge >= 0.3 is 0 Å². The lowest BCUT2D eigenvalue weighted by molar-refractivity contribution is 0.0535.